The normalized spacial score (nSPS) is 11.3. The Kier molecular flexibility index (Phi) is 8.44. The van der Waals surface area contributed by atoms with E-state index in [0.29, 0.717) is 11.6 Å². The molecule has 0 aliphatic heterocycles. The van der Waals surface area contributed by atoms with Gasteiger partial charge in [0.15, 0.2) is 0 Å². The van der Waals surface area contributed by atoms with E-state index in [1.54, 1.807) is 23.9 Å². The van der Waals surface area contributed by atoms with Gasteiger partial charge in [-0.15, -0.1) is 11.8 Å². The average Bonchev–Trinajstić information content (AvgIpc) is 2.62. The van der Waals surface area contributed by atoms with Gasteiger partial charge in [-0.05, 0) is 42.5 Å². The fourth-order valence-electron chi connectivity index (χ4n) is 2.11. The Hall–Kier alpha value is -1.54. The molecule has 0 saturated heterocycles. The minimum atomic E-state index is -3.66. The summed E-state index contributed by atoms with van der Waals surface area (Å²) in [4.78, 5) is 13.1. The summed E-state index contributed by atoms with van der Waals surface area (Å²) in [6.07, 6.45) is 0.936. The molecular formula is C18H21ClN2O3S2. The number of hydrogen-bond donors (Lipinski definition) is 2. The van der Waals surface area contributed by atoms with E-state index in [2.05, 4.69) is 22.2 Å². The van der Waals surface area contributed by atoms with Gasteiger partial charge in [-0.3, -0.25) is 4.79 Å². The topological polar surface area (TPSA) is 75.3 Å². The van der Waals surface area contributed by atoms with E-state index in [0.717, 1.165) is 12.2 Å². The molecule has 0 aliphatic carbocycles. The smallest absolute Gasteiger partial charge is 0.240 e. The quantitative estimate of drug-likeness (QED) is 0.463. The maximum Gasteiger partial charge on any atom is 0.240 e. The fourth-order valence-corrected chi connectivity index (χ4v) is 4.32. The summed E-state index contributed by atoms with van der Waals surface area (Å²) in [5.41, 5.74) is 0. The van der Waals surface area contributed by atoms with E-state index in [9.17, 15) is 13.2 Å². The molecule has 2 aromatic carbocycles. The molecule has 1 amide bonds. The van der Waals surface area contributed by atoms with Gasteiger partial charge in [0.05, 0.1) is 4.90 Å². The first-order valence-corrected chi connectivity index (χ1v) is 11.0. The van der Waals surface area contributed by atoms with Gasteiger partial charge in [-0.1, -0.05) is 35.9 Å². The second kappa shape index (κ2) is 10.6. The number of rotatable bonds is 10. The van der Waals surface area contributed by atoms with Crippen LogP contribution in [0.15, 0.2) is 64.4 Å². The Balaban J connectivity index is 1.61. The molecule has 0 radical (unpaired) electrons. The van der Waals surface area contributed by atoms with Crippen LogP contribution in [0.2, 0.25) is 5.02 Å². The molecule has 0 spiro atoms. The van der Waals surface area contributed by atoms with Crippen molar-refractivity contribution >= 4 is 39.3 Å². The summed E-state index contributed by atoms with van der Waals surface area (Å²) in [6, 6.07) is 16.1. The standard InChI is InChI=1S/C18H21ClN2O3S2/c19-15-6-4-9-17(14-15)26(23,24)21-12-10-18(22)20-11-5-13-25-16-7-2-1-3-8-16/h1-4,6-9,14,21H,5,10-13H2,(H,20,22). The Bertz CT molecular complexity index is 814. The highest BCUT2D eigenvalue weighted by atomic mass is 35.5. The maximum absolute atomic E-state index is 12.1. The van der Waals surface area contributed by atoms with Gasteiger partial charge in [-0.25, -0.2) is 13.1 Å². The molecule has 0 heterocycles. The lowest BCUT2D eigenvalue weighted by Gasteiger charge is -2.08. The molecule has 0 unspecified atom stereocenters. The zero-order valence-corrected chi connectivity index (χ0v) is 16.5. The van der Waals surface area contributed by atoms with Gasteiger partial charge in [0.2, 0.25) is 15.9 Å². The first-order chi connectivity index (χ1) is 12.5. The summed E-state index contributed by atoms with van der Waals surface area (Å²) in [6.45, 7) is 0.610. The molecule has 0 saturated carbocycles. The van der Waals surface area contributed by atoms with E-state index in [1.807, 2.05) is 18.2 Å². The lowest BCUT2D eigenvalue weighted by Crippen LogP contribution is -2.31. The number of carbonyl (C=O) groups excluding carboxylic acids is 1. The molecule has 5 nitrogen and oxygen atoms in total. The Morgan fingerprint density at radius 1 is 1.04 bits per heavy atom. The third-order valence-electron chi connectivity index (χ3n) is 3.41. The van der Waals surface area contributed by atoms with E-state index < -0.39 is 10.0 Å². The van der Waals surface area contributed by atoms with Crippen LogP contribution in [0.4, 0.5) is 0 Å². The second-order valence-electron chi connectivity index (χ2n) is 5.47. The molecule has 0 bridgehead atoms. The van der Waals surface area contributed by atoms with Crippen LogP contribution in [0, 0.1) is 0 Å². The van der Waals surface area contributed by atoms with Gasteiger partial charge >= 0.3 is 0 Å². The lowest BCUT2D eigenvalue weighted by molar-refractivity contribution is -0.120. The summed E-state index contributed by atoms with van der Waals surface area (Å²) in [7, 11) is -3.66. The Labute approximate surface area is 163 Å². The number of hydrogen-bond acceptors (Lipinski definition) is 4. The summed E-state index contributed by atoms with van der Waals surface area (Å²) in [5.74, 6) is 0.731. The van der Waals surface area contributed by atoms with Crippen LogP contribution in [-0.4, -0.2) is 33.2 Å². The van der Waals surface area contributed by atoms with E-state index >= 15 is 0 Å². The average molecular weight is 413 g/mol. The third-order valence-corrected chi connectivity index (χ3v) is 6.20. The highest BCUT2D eigenvalue weighted by Gasteiger charge is 2.14. The van der Waals surface area contributed by atoms with Gasteiger partial charge in [0.25, 0.3) is 0 Å². The highest BCUT2D eigenvalue weighted by molar-refractivity contribution is 7.99. The second-order valence-corrected chi connectivity index (χ2v) is 8.84. The Morgan fingerprint density at radius 2 is 1.81 bits per heavy atom. The number of nitrogens with one attached hydrogen (secondary N) is 2. The van der Waals surface area contributed by atoms with Crippen LogP contribution in [0.5, 0.6) is 0 Å². The van der Waals surface area contributed by atoms with Crippen LogP contribution in [0.25, 0.3) is 0 Å². The van der Waals surface area contributed by atoms with Crippen molar-refractivity contribution in [3.05, 3.63) is 59.6 Å². The largest absolute Gasteiger partial charge is 0.356 e. The van der Waals surface area contributed by atoms with Gasteiger partial charge in [0.1, 0.15) is 0 Å². The van der Waals surface area contributed by atoms with Crippen LogP contribution in [0.1, 0.15) is 12.8 Å². The zero-order valence-electron chi connectivity index (χ0n) is 14.2. The number of carbonyl (C=O) groups is 1. The number of sulfonamides is 1. The van der Waals surface area contributed by atoms with Crippen molar-refractivity contribution in [2.24, 2.45) is 0 Å². The van der Waals surface area contributed by atoms with Crippen molar-refractivity contribution in [1.29, 1.82) is 0 Å². The van der Waals surface area contributed by atoms with Gasteiger partial charge in [-0.2, -0.15) is 0 Å². The van der Waals surface area contributed by atoms with Crippen molar-refractivity contribution in [2.75, 3.05) is 18.8 Å². The Morgan fingerprint density at radius 3 is 2.54 bits per heavy atom. The highest BCUT2D eigenvalue weighted by Crippen LogP contribution is 2.17. The number of thioether (sulfide) groups is 1. The minimum absolute atomic E-state index is 0.0411. The van der Waals surface area contributed by atoms with Crippen molar-refractivity contribution in [3.8, 4) is 0 Å². The predicted molar refractivity (Wildman–Crippen MR) is 106 cm³/mol. The van der Waals surface area contributed by atoms with Crippen LogP contribution in [0.3, 0.4) is 0 Å². The van der Waals surface area contributed by atoms with E-state index in [-0.39, 0.29) is 23.8 Å². The van der Waals surface area contributed by atoms with Crippen molar-refractivity contribution < 1.29 is 13.2 Å². The summed E-state index contributed by atoms with van der Waals surface area (Å²) >= 11 is 7.54. The molecule has 26 heavy (non-hydrogen) atoms. The van der Waals surface area contributed by atoms with Crippen molar-refractivity contribution in [2.45, 2.75) is 22.6 Å². The molecule has 2 N–H and O–H groups in total. The van der Waals surface area contributed by atoms with Gasteiger partial charge < -0.3 is 5.32 Å². The van der Waals surface area contributed by atoms with Gasteiger partial charge in [0, 0.05) is 29.4 Å². The molecule has 2 aromatic rings. The maximum atomic E-state index is 12.1. The molecule has 140 valence electrons. The number of halogens is 1. The zero-order chi connectivity index (χ0) is 18.8. The lowest BCUT2D eigenvalue weighted by atomic mass is 10.4. The third kappa shape index (κ3) is 7.37. The number of amides is 1. The fraction of sp³-hybridized carbons (Fsp3) is 0.278. The van der Waals surface area contributed by atoms with E-state index in [1.165, 1.54) is 17.0 Å². The molecule has 0 fully saturated rings. The first-order valence-electron chi connectivity index (χ1n) is 8.17. The summed E-state index contributed by atoms with van der Waals surface area (Å²) in [5, 5.41) is 3.14. The summed E-state index contributed by atoms with van der Waals surface area (Å²) < 4.78 is 26.6. The molecule has 0 atom stereocenters. The molecule has 0 aromatic heterocycles. The molecule has 2 rings (SSSR count). The van der Waals surface area contributed by atoms with Crippen LogP contribution >= 0.6 is 23.4 Å². The van der Waals surface area contributed by atoms with Crippen LogP contribution in [-0.2, 0) is 14.8 Å². The van der Waals surface area contributed by atoms with Crippen LogP contribution < -0.4 is 10.0 Å². The van der Waals surface area contributed by atoms with Crippen molar-refractivity contribution in [1.82, 2.24) is 10.0 Å². The molecule has 0 aliphatic rings. The van der Waals surface area contributed by atoms with E-state index in [4.69, 9.17) is 11.6 Å². The first kappa shape index (κ1) is 20.8. The SMILES string of the molecule is O=C(CCNS(=O)(=O)c1cccc(Cl)c1)NCCCSc1ccccc1. The molecule has 8 heteroatoms. The number of benzene rings is 2. The minimum Gasteiger partial charge on any atom is -0.356 e. The molecular weight excluding hydrogens is 392 g/mol. The predicted octanol–water partition coefficient (Wildman–Crippen LogP) is 3.31. The monoisotopic (exact) mass is 412 g/mol. The van der Waals surface area contributed by atoms with Crippen molar-refractivity contribution in [3.63, 3.8) is 0 Å².